The molecule has 0 radical (unpaired) electrons. The topological polar surface area (TPSA) is 76.4 Å². The molecule has 100 valence electrons. The van der Waals surface area contributed by atoms with Gasteiger partial charge < -0.3 is 10.9 Å². The van der Waals surface area contributed by atoms with Gasteiger partial charge in [-0.3, -0.25) is 4.57 Å². The van der Waals surface area contributed by atoms with Gasteiger partial charge in [0.25, 0.3) is 0 Å². The number of oxime groups is 1. The van der Waals surface area contributed by atoms with E-state index in [9.17, 15) is 13.2 Å². The zero-order valence-electron chi connectivity index (χ0n) is 9.46. The van der Waals surface area contributed by atoms with Crippen LogP contribution in [0, 0.1) is 0 Å². The predicted octanol–water partition coefficient (Wildman–Crippen LogP) is 1.99. The normalized spacial score (nSPS) is 12.7. The Kier molecular flexibility index (Phi) is 3.16. The number of nitrogens with two attached hydrogens (primary N) is 1. The first-order valence-electron chi connectivity index (χ1n) is 5.13. The van der Waals surface area contributed by atoms with E-state index in [2.05, 4.69) is 10.1 Å². The lowest BCUT2D eigenvalue weighted by Gasteiger charge is -2.10. The van der Waals surface area contributed by atoms with Crippen LogP contribution in [0.1, 0.15) is 11.4 Å². The third-order valence-corrected chi connectivity index (χ3v) is 2.39. The Balaban J connectivity index is 2.52. The van der Waals surface area contributed by atoms with Gasteiger partial charge in [0.15, 0.2) is 5.84 Å². The fourth-order valence-corrected chi connectivity index (χ4v) is 1.56. The van der Waals surface area contributed by atoms with Crippen molar-refractivity contribution in [3.63, 3.8) is 0 Å². The van der Waals surface area contributed by atoms with Gasteiger partial charge in [0.1, 0.15) is 11.5 Å². The van der Waals surface area contributed by atoms with E-state index in [1.807, 2.05) is 0 Å². The quantitative estimate of drug-likeness (QED) is 0.379. The highest BCUT2D eigenvalue weighted by Gasteiger charge is 2.32. The maximum Gasteiger partial charge on any atom is 0.433 e. The highest BCUT2D eigenvalue weighted by Crippen LogP contribution is 2.28. The molecule has 8 heteroatoms. The Bertz CT molecular complexity index is 618. The summed E-state index contributed by atoms with van der Waals surface area (Å²) in [5.74, 6) is -0.189. The van der Waals surface area contributed by atoms with Gasteiger partial charge in [0, 0.05) is 6.20 Å². The first-order chi connectivity index (χ1) is 8.93. The maximum absolute atomic E-state index is 12.6. The van der Waals surface area contributed by atoms with Crippen LogP contribution in [0.3, 0.4) is 0 Å². The Morgan fingerprint density at radius 1 is 1.26 bits per heavy atom. The minimum Gasteiger partial charge on any atom is -0.409 e. The van der Waals surface area contributed by atoms with Crippen molar-refractivity contribution < 1.29 is 18.4 Å². The van der Waals surface area contributed by atoms with E-state index in [1.54, 1.807) is 6.07 Å². The number of amidine groups is 1. The lowest BCUT2D eigenvalue weighted by molar-refractivity contribution is -0.141. The molecule has 2 heterocycles. The first-order valence-corrected chi connectivity index (χ1v) is 5.13. The molecular formula is C11H9F3N4O. The van der Waals surface area contributed by atoms with Gasteiger partial charge in [-0.15, -0.1) is 0 Å². The highest BCUT2D eigenvalue weighted by molar-refractivity contribution is 5.96. The van der Waals surface area contributed by atoms with Crippen molar-refractivity contribution in [2.24, 2.45) is 10.9 Å². The molecule has 0 atom stereocenters. The summed E-state index contributed by atoms with van der Waals surface area (Å²) < 4.78 is 39.0. The van der Waals surface area contributed by atoms with Crippen molar-refractivity contribution >= 4 is 5.84 Å². The zero-order chi connectivity index (χ0) is 14.0. The summed E-state index contributed by atoms with van der Waals surface area (Å²) in [4.78, 5) is 3.51. The molecule has 19 heavy (non-hydrogen) atoms. The standard InChI is InChI=1S/C11H9F3N4O/c12-11(13,14)8-4-1-5-9(16-8)18-6-2-3-7(18)10(15)17-19/h1-6,19H,(H2,15,17). The van der Waals surface area contributed by atoms with Crippen molar-refractivity contribution in [2.75, 3.05) is 0 Å². The molecular weight excluding hydrogens is 261 g/mol. The van der Waals surface area contributed by atoms with E-state index in [0.29, 0.717) is 0 Å². The van der Waals surface area contributed by atoms with Gasteiger partial charge in [-0.2, -0.15) is 13.2 Å². The number of aromatic nitrogens is 2. The number of alkyl halides is 3. The van der Waals surface area contributed by atoms with Crippen molar-refractivity contribution in [3.8, 4) is 5.82 Å². The van der Waals surface area contributed by atoms with Gasteiger partial charge in [0.05, 0.1) is 5.69 Å². The molecule has 3 N–H and O–H groups in total. The maximum atomic E-state index is 12.6. The number of hydrogen-bond donors (Lipinski definition) is 2. The summed E-state index contributed by atoms with van der Waals surface area (Å²) in [5.41, 5.74) is 4.66. The van der Waals surface area contributed by atoms with Crippen LogP contribution >= 0.6 is 0 Å². The molecule has 0 aliphatic heterocycles. The van der Waals surface area contributed by atoms with Crippen molar-refractivity contribution in [1.29, 1.82) is 0 Å². The third-order valence-electron chi connectivity index (χ3n) is 2.39. The van der Waals surface area contributed by atoms with Crippen molar-refractivity contribution in [3.05, 3.63) is 47.9 Å². The van der Waals surface area contributed by atoms with Crippen LogP contribution in [0.15, 0.2) is 41.7 Å². The fraction of sp³-hybridized carbons (Fsp3) is 0.0909. The van der Waals surface area contributed by atoms with Crippen LogP contribution in [-0.4, -0.2) is 20.6 Å². The molecule has 0 aliphatic carbocycles. The molecule has 0 amide bonds. The molecule has 2 aromatic heterocycles. The third kappa shape index (κ3) is 2.51. The average Bonchev–Trinajstić information content (AvgIpc) is 2.86. The highest BCUT2D eigenvalue weighted by atomic mass is 19.4. The van der Waals surface area contributed by atoms with Crippen LogP contribution in [-0.2, 0) is 6.18 Å². The second-order valence-electron chi connectivity index (χ2n) is 3.63. The second-order valence-corrected chi connectivity index (χ2v) is 3.63. The fourth-order valence-electron chi connectivity index (χ4n) is 1.56. The molecule has 0 aliphatic rings. The molecule has 0 fully saturated rings. The lowest BCUT2D eigenvalue weighted by atomic mass is 10.3. The van der Waals surface area contributed by atoms with E-state index >= 15 is 0 Å². The van der Waals surface area contributed by atoms with E-state index in [0.717, 1.165) is 6.07 Å². The minimum atomic E-state index is -4.53. The first kappa shape index (κ1) is 12.9. The molecule has 2 rings (SSSR count). The van der Waals surface area contributed by atoms with Crippen LogP contribution in [0.2, 0.25) is 0 Å². The Labute approximate surface area is 105 Å². The van der Waals surface area contributed by atoms with Crippen LogP contribution in [0.5, 0.6) is 0 Å². The lowest BCUT2D eigenvalue weighted by Crippen LogP contribution is -2.18. The monoisotopic (exact) mass is 270 g/mol. The van der Waals surface area contributed by atoms with Gasteiger partial charge in [-0.25, -0.2) is 4.98 Å². The smallest absolute Gasteiger partial charge is 0.409 e. The number of pyridine rings is 1. The number of halogens is 3. The Hall–Kier alpha value is -2.51. The average molecular weight is 270 g/mol. The summed E-state index contributed by atoms with van der Waals surface area (Å²) in [6.07, 6.45) is -3.06. The Morgan fingerprint density at radius 2 is 2.00 bits per heavy atom. The number of nitrogens with zero attached hydrogens (tertiary/aromatic N) is 3. The molecule has 0 aromatic carbocycles. The molecule has 5 nitrogen and oxygen atoms in total. The largest absolute Gasteiger partial charge is 0.433 e. The van der Waals surface area contributed by atoms with E-state index in [4.69, 9.17) is 10.9 Å². The summed E-state index contributed by atoms with van der Waals surface area (Å²) in [6.45, 7) is 0. The zero-order valence-corrected chi connectivity index (χ0v) is 9.46. The van der Waals surface area contributed by atoms with E-state index < -0.39 is 11.9 Å². The summed E-state index contributed by atoms with van der Waals surface area (Å²) in [5, 5.41) is 11.4. The molecule has 0 bridgehead atoms. The van der Waals surface area contributed by atoms with Gasteiger partial charge in [-0.1, -0.05) is 11.2 Å². The van der Waals surface area contributed by atoms with Crippen molar-refractivity contribution in [1.82, 2.24) is 9.55 Å². The molecule has 0 unspecified atom stereocenters. The van der Waals surface area contributed by atoms with Gasteiger partial charge in [0.2, 0.25) is 0 Å². The molecule has 0 saturated heterocycles. The van der Waals surface area contributed by atoms with E-state index in [-0.39, 0.29) is 17.3 Å². The SMILES string of the molecule is N/C(=N/O)c1cccn1-c1cccc(C(F)(F)F)n1. The number of rotatable bonds is 2. The number of hydrogen-bond acceptors (Lipinski definition) is 3. The molecule has 0 spiro atoms. The summed E-state index contributed by atoms with van der Waals surface area (Å²) >= 11 is 0. The van der Waals surface area contributed by atoms with Crippen LogP contribution < -0.4 is 5.73 Å². The molecule has 0 saturated carbocycles. The predicted molar refractivity (Wildman–Crippen MR) is 61.1 cm³/mol. The van der Waals surface area contributed by atoms with Gasteiger partial charge >= 0.3 is 6.18 Å². The van der Waals surface area contributed by atoms with Crippen LogP contribution in [0.4, 0.5) is 13.2 Å². The second kappa shape index (κ2) is 4.63. The Morgan fingerprint density at radius 3 is 2.63 bits per heavy atom. The molecule has 2 aromatic rings. The van der Waals surface area contributed by atoms with Crippen molar-refractivity contribution in [2.45, 2.75) is 6.18 Å². The van der Waals surface area contributed by atoms with Gasteiger partial charge in [-0.05, 0) is 24.3 Å². The van der Waals surface area contributed by atoms with E-state index in [1.165, 1.54) is 29.0 Å². The minimum absolute atomic E-state index is 0.0291. The van der Waals surface area contributed by atoms with Crippen LogP contribution in [0.25, 0.3) is 5.82 Å². The summed E-state index contributed by atoms with van der Waals surface area (Å²) in [7, 11) is 0. The summed E-state index contributed by atoms with van der Waals surface area (Å²) in [6, 6.07) is 6.55.